The lowest BCUT2D eigenvalue weighted by Gasteiger charge is -2.07. The quantitative estimate of drug-likeness (QED) is 0.261. The third kappa shape index (κ3) is 1.92. The topological polar surface area (TPSA) is 40.5 Å². The number of benzene rings is 4. The van der Waals surface area contributed by atoms with Crippen LogP contribution < -0.4 is 0 Å². The molecule has 0 unspecified atom stereocenters. The maximum absolute atomic E-state index is 6.00. The van der Waals surface area contributed by atoms with Gasteiger partial charge in [0.25, 0.3) is 0 Å². The minimum absolute atomic E-state index is 1.31. The molecule has 0 aliphatic heterocycles. The van der Waals surface area contributed by atoms with Gasteiger partial charge in [0.05, 0.1) is 0 Å². The van der Waals surface area contributed by atoms with Crippen molar-refractivity contribution in [3.63, 3.8) is 0 Å². The van der Waals surface area contributed by atoms with Crippen LogP contribution in [0.4, 0.5) is 0 Å². The Balaban J connectivity index is 0.000000581. The summed E-state index contributed by atoms with van der Waals surface area (Å²) in [5.41, 5.74) is 0. The Hall–Kier alpha value is -2.42. The zero-order chi connectivity index (χ0) is 13.9. The molecular formula is C18H14O2. The average molecular weight is 262 g/mol. The lowest BCUT2D eigenvalue weighted by Crippen LogP contribution is -1.79. The van der Waals surface area contributed by atoms with Crippen molar-refractivity contribution in [1.29, 1.82) is 0 Å². The molecule has 2 heteroatoms. The van der Waals surface area contributed by atoms with Gasteiger partial charge in [0.1, 0.15) is 0 Å². The molecule has 2 nitrogen and oxygen atoms in total. The van der Waals surface area contributed by atoms with E-state index in [1.807, 2.05) is 0 Å². The summed E-state index contributed by atoms with van der Waals surface area (Å²) in [4.78, 5) is 0. The summed E-state index contributed by atoms with van der Waals surface area (Å²) in [6.45, 7) is 0. The first-order chi connectivity index (χ1) is 9.93. The molecule has 0 atom stereocenters. The fraction of sp³-hybridized carbons (Fsp3) is 0. The van der Waals surface area contributed by atoms with Crippen molar-refractivity contribution in [2.45, 2.75) is 0 Å². The maximum Gasteiger partial charge on any atom is -0.00990 e. The van der Waals surface area contributed by atoms with Crippen LogP contribution in [-0.2, 0) is 0 Å². The first-order valence-corrected chi connectivity index (χ1v) is 6.43. The molecule has 0 aromatic heterocycles. The van der Waals surface area contributed by atoms with Gasteiger partial charge in [0.15, 0.2) is 0 Å². The second-order valence-corrected chi connectivity index (χ2v) is 4.67. The van der Waals surface area contributed by atoms with Crippen molar-refractivity contribution in [3.8, 4) is 0 Å². The first-order valence-electron chi connectivity index (χ1n) is 6.43. The van der Waals surface area contributed by atoms with E-state index in [1.165, 1.54) is 32.3 Å². The highest BCUT2D eigenvalue weighted by Crippen LogP contribution is 2.30. The van der Waals surface area contributed by atoms with Gasteiger partial charge in [-0.3, -0.25) is 10.5 Å². The van der Waals surface area contributed by atoms with E-state index in [1.54, 1.807) is 0 Å². The molecule has 0 spiro atoms. The van der Waals surface area contributed by atoms with Crippen molar-refractivity contribution in [1.82, 2.24) is 0 Å². The largest absolute Gasteiger partial charge is 0.255 e. The van der Waals surface area contributed by atoms with Gasteiger partial charge in [0.2, 0.25) is 0 Å². The van der Waals surface area contributed by atoms with Crippen LogP contribution in [0.15, 0.2) is 72.8 Å². The van der Waals surface area contributed by atoms with Gasteiger partial charge >= 0.3 is 0 Å². The second kappa shape index (κ2) is 5.29. The fourth-order valence-electron chi connectivity index (χ4n) is 2.77. The summed E-state index contributed by atoms with van der Waals surface area (Å²) >= 11 is 0. The molecule has 0 amide bonds. The maximum atomic E-state index is 6.00. The monoisotopic (exact) mass is 262 g/mol. The van der Waals surface area contributed by atoms with Crippen molar-refractivity contribution >= 4 is 32.3 Å². The van der Waals surface area contributed by atoms with Crippen molar-refractivity contribution in [3.05, 3.63) is 72.8 Å². The third-order valence-electron chi connectivity index (χ3n) is 3.65. The molecule has 2 N–H and O–H groups in total. The summed E-state index contributed by atoms with van der Waals surface area (Å²) in [6, 6.07) is 26.0. The Kier molecular flexibility index (Phi) is 3.33. The Morgan fingerprint density at radius 3 is 1.25 bits per heavy atom. The van der Waals surface area contributed by atoms with E-state index in [-0.39, 0.29) is 0 Å². The van der Waals surface area contributed by atoms with Crippen LogP contribution in [0.1, 0.15) is 0 Å². The van der Waals surface area contributed by atoms with E-state index < -0.39 is 0 Å². The number of hydrogen-bond donors (Lipinski definition) is 2. The molecule has 0 radical (unpaired) electrons. The molecule has 4 aromatic carbocycles. The van der Waals surface area contributed by atoms with Gasteiger partial charge in [-0.1, -0.05) is 72.8 Å². The lowest BCUT2D eigenvalue weighted by atomic mass is 9.97. The van der Waals surface area contributed by atoms with Crippen LogP contribution in [0.2, 0.25) is 0 Å². The smallest absolute Gasteiger partial charge is 0.00990 e. The molecule has 0 aliphatic rings. The van der Waals surface area contributed by atoms with Crippen LogP contribution in [-0.4, -0.2) is 10.5 Å². The van der Waals surface area contributed by atoms with Crippen LogP contribution in [0, 0.1) is 0 Å². The molecule has 0 heterocycles. The van der Waals surface area contributed by atoms with E-state index in [0.29, 0.717) is 0 Å². The van der Waals surface area contributed by atoms with Gasteiger partial charge in [-0.25, -0.2) is 0 Å². The molecule has 0 fully saturated rings. The average Bonchev–Trinajstić information content (AvgIpc) is 2.56. The molecule has 0 saturated heterocycles. The van der Waals surface area contributed by atoms with E-state index in [2.05, 4.69) is 72.8 Å². The van der Waals surface area contributed by atoms with Crippen molar-refractivity contribution < 1.29 is 10.5 Å². The molecule has 0 aliphatic carbocycles. The predicted octanol–water partition coefficient (Wildman–Crippen LogP) is 5.16. The SMILES string of the molecule is OO.c1ccc2c(c1)ccc1c3ccccc3ccc21. The minimum atomic E-state index is 1.31. The Labute approximate surface area is 116 Å². The summed E-state index contributed by atoms with van der Waals surface area (Å²) in [6.07, 6.45) is 0. The molecule has 4 aromatic rings. The Morgan fingerprint density at radius 2 is 0.800 bits per heavy atom. The molecular weight excluding hydrogens is 248 g/mol. The van der Waals surface area contributed by atoms with Crippen LogP contribution in [0.25, 0.3) is 32.3 Å². The third-order valence-corrected chi connectivity index (χ3v) is 3.65. The summed E-state index contributed by atoms with van der Waals surface area (Å²) in [7, 11) is 0. The van der Waals surface area contributed by atoms with E-state index in [4.69, 9.17) is 10.5 Å². The Bertz CT molecular complexity index is 807. The summed E-state index contributed by atoms with van der Waals surface area (Å²) < 4.78 is 0. The van der Waals surface area contributed by atoms with Crippen LogP contribution >= 0.6 is 0 Å². The van der Waals surface area contributed by atoms with E-state index in [9.17, 15) is 0 Å². The van der Waals surface area contributed by atoms with Gasteiger partial charge < -0.3 is 0 Å². The van der Waals surface area contributed by atoms with Crippen molar-refractivity contribution in [2.75, 3.05) is 0 Å². The standard InChI is InChI=1S/C18H12.H2O2/c1-3-7-15-13(5-1)9-11-18-16-8-4-2-6-14(16)10-12-17(15)18;1-2/h1-12H;1-2H. The van der Waals surface area contributed by atoms with Gasteiger partial charge in [-0.2, -0.15) is 0 Å². The lowest BCUT2D eigenvalue weighted by molar-refractivity contribution is -0.176. The molecule has 4 rings (SSSR count). The zero-order valence-corrected chi connectivity index (χ0v) is 10.8. The summed E-state index contributed by atoms with van der Waals surface area (Å²) in [5.74, 6) is 0. The summed E-state index contributed by atoms with van der Waals surface area (Å²) in [5, 5.41) is 20.0. The zero-order valence-electron chi connectivity index (χ0n) is 10.8. The Morgan fingerprint density at radius 1 is 0.400 bits per heavy atom. The van der Waals surface area contributed by atoms with Crippen molar-refractivity contribution in [2.24, 2.45) is 0 Å². The molecule has 0 bridgehead atoms. The van der Waals surface area contributed by atoms with Gasteiger partial charge in [-0.05, 0) is 32.3 Å². The first kappa shape index (κ1) is 12.6. The highest BCUT2D eigenvalue weighted by atomic mass is 17.0. The molecule has 20 heavy (non-hydrogen) atoms. The number of rotatable bonds is 0. The van der Waals surface area contributed by atoms with Crippen LogP contribution in [0.5, 0.6) is 0 Å². The van der Waals surface area contributed by atoms with Gasteiger partial charge in [-0.15, -0.1) is 0 Å². The fourth-order valence-corrected chi connectivity index (χ4v) is 2.77. The van der Waals surface area contributed by atoms with E-state index >= 15 is 0 Å². The van der Waals surface area contributed by atoms with E-state index in [0.717, 1.165) is 0 Å². The highest BCUT2D eigenvalue weighted by molar-refractivity contribution is 6.17. The minimum Gasteiger partial charge on any atom is -0.255 e. The highest BCUT2D eigenvalue weighted by Gasteiger charge is 2.03. The number of hydrogen-bond acceptors (Lipinski definition) is 2. The second-order valence-electron chi connectivity index (χ2n) is 4.67. The van der Waals surface area contributed by atoms with Gasteiger partial charge in [0, 0.05) is 0 Å². The number of fused-ring (bicyclic) bond motifs is 5. The normalized spacial score (nSPS) is 10.5. The molecule has 0 saturated carbocycles. The van der Waals surface area contributed by atoms with Crippen LogP contribution in [0.3, 0.4) is 0 Å². The molecule has 98 valence electrons. The predicted molar refractivity (Wildman–Crippen MR) is 84.2 cm³/mol.